The van der Waals surface area contributed by atoms with Gasteiger partial charge in [-0.1, -0.05) is 28.1 Å². The van der Waals surface area contributed by atoms with E-state index in [9.17, 15) is 5.11 Å². The van der Waals surface area contributed by atoms with Crippen molar-refractivity contribution in [3.05, 3.63) is 71.2 Å². The molecule has 1 unspecified atom stereocenters. The second kappa shape index (κ2) is 6.72. The zero-order valence-corrected chi connectivity index (χ0v) is 13.2. The molecule has 0 radical (unpaired) electrons. The van der Waals surface area contributed by atoms with Crippen LogP contribution in [0.15, 0.2) is 65.7 Å². The first kappa shape index (κ1) is 14.7. The van der Waals surface area contributed by atoms with E-state index in [2.05, 4.69) is 26.0 Å². The number of aliphatic hydroxyl groups is 1. The maximum atomic E-state index is 10.2. The summed E-state index contributed by atoms with van der Waals surface area (Å²) in [5.74, 6) is 1.48. The maximum absolute atomic E-state index is 10.2. The van der Waals surface area contributed by atoms with Gasteiger partial charge in [-0.15, -0.1) is 0 Å². The van der Waals surface area contributed by atoms with Gasteiger partial charge in [-0.3, -0.25) is 4.68 Å². The Morgan fingerprint density at radius 2 is 1.68 bits per heavy atom. The summed E-state index contributed by atoms with van der Waals surface area (Å²) in [6, 6.07) is 15.0. The number of aliphatic hydroxyl groups excluding tert-OH is 1. The van der Waals surface area contributed by atoms with Crippen LogP contribution in [-0.2, 0) is 6.54 Å². The predicted octanol–water partition coefficient (Wildman–Crippen LogP) is 3.57. The monoisotopic (exact) mass is 359 g/mol. The van der Waals surface area contributed by atoms with Gasteiger partial charge in [-0.25, -0.2) is 4.98 Å². The Bertz CT molecular complexity index is 712. The molecule has 3 aromatic rings. The molecule has 6 heteroatoms. The lowest BCUT2D eigenvalue weighted by molar-refractivity contribution is 0.151. The second-order valence-electron chi connectivity index (χ2n) is 4.76. The number of hydrogen-bond acceptors (Lipinski definition) is 4. The van der Waals surface area contributed by atoms with Crippen molar-refractivity contribution in [1.82, 2.24) is 14.8 Å². The number of nitrogens with zero attached hydrogens (tertiary/aromatic N) is 3. The highest BCUT2D eigenvalue weighted by Gasteiger charge is 2.09. The van der Waals surface area contributed by atoms with Gasteiger partial charge in [-0.05, 0) is 42.0 Å². The van der Waals surface area contributed by atoms with Crippen LogP contribution in [-0.4, -0.2) is 19.9 Å². The summed E-state index contributed by atoms with van der Waals surface area (Å²) in [4.78, 5) is 3.85. The molecule has 0 aliphatic rings. The van der Waals surface area contributed by atoms with E-state index in [4.69, 9.17) is 4.74 Å². The van der Waals surface area contributed by atoms with E-state index in [-0.39, 0.29) is 0 Å². The average Bonchev–Trinajstić information content (AvgIpc) is 3.03. The summed E-state index contributed by atoms with van der Waals surface area (Å²) < 4.78 is 8.34. The normalized spacial score (nSPS) is 12.1. The van der Waals surface area contributed by atoms with Gasteiger partial charge in [0, 0.05) is 4.47 Å². The van der Waals surface area contributed by atoms with Gasteiger partial charge in [0.2, 0.25) is 0 Å². The van der Waals surface area contributed by atoms with Crippen LogP contribution in [0.25, 0.3) is 0 Å². The molecule has 2 aromatic carbocycles. The molecular formula is C16H14BrN3O2. The number of halogens is 1. The first-order valence-corrected chi connectivity index (χ1v) is 7.54. The van der Waals surface area contributed by atoms with Crippen LogP contribution in [0.3, 0.4) is 0 Å². The van der Waals surface area contributed by atoms with Gasteiger partial charge in [-0.2, -0.15) is 5.10 Å². The average molecular weight is 360 g/mol. The lowest BCUT2D eigenvalue weighted by Gasteiger charge is -2.12. The minimum atomic E-state index is -0.636. The molecule has 0 saturated carbocycles. The number of ether oxygens (including phenoxy) is 1. The summed E-state index contributed by atoms with van der Waals surface area (Å²) >= 11 is 3.39. The van der Waals surface area contributed by atoms with Crippen LogP contribution in [0, 0.1) is 0 Å². The van der Waals surface area contributed by atoms with E-state index >= 15 is 0 Å². The van der Waals surface area contributed by atoms with Crippen molar-refractivity contribution in [2.24, 2.45) is 0 Å². The molecule has 5 nitrogen and oxygen atoms in total. The molecule has 112 valence electrons. The second-order valence-corrected chi connectivity index (χ2v) is 5.67. The minimum Gasteiger partial charge on any atom is -0.457 e. The standard InChI is InChI=1S/C16H14BrN3O2/c17-13-3-7-15(8-4-13)22-14-5-1-12(2-6-14)16(21)9-20-11-18-10-19-20/h1-8,10-11,16,21H,9H2. The van der Waals surface area contributed by atoms with E-state index in [1.54, 1.807) is 11.0 Å². The lowest BCUT2D eigenvalue weighted by Crippen LogP contribution is -2.08. The Labute approximate surface area is 136 Å². The topological polar surface area (TPSA) is 60.2 Å². The van der Waals surface area contributed by atoms with E-state index < -0.39 is 6.10 Å². The van der Waals surface area contributed by atoms with E-state index in [1.807, 2.05) is 48.5 Å². The summed E-state index contributed by atoms with van der Waals surface area (Å²) in [5, 5.41) is 14.1. The molecule has 0 aliphatic carbocycles. The van der Waals surface area contributed by atoms with Gasteiger partial charge in [0.1, 0.15) is 24.2 Å². The quantitative estimate of drug-likeness (QED) is 0.756. The molecule has 0 amide bonds. The Morgan fingerprint density at radius 3 is 2.27 bits per heavy atom. The number of hydrogen-bond donors (Lipinski definition) is 1. The lowest BCUT2D eigenvalue weighted by atomic mass is 10.1. The Morgan fingerprint density at radius 1 is 1.05 bits per heavy atom. The molecular weight excluding hydrogens is 346 g/mol. The maximum Gasteiger partial charge on any atom is 0.137 e. The SMILES string of the molecule is OC(Cn1cncn1)c1ccc(Oc2ccc(Br)cc2)cc1. The molecule has 0 aliphatic heterocycles. The Hall–Kier alpha value is -2.18. The fourth-order valence-corrected chi connectivity index (χ4v) is 2.27. The molecule has 0 bridgehead atoms. The Balaban J connectivity index is 1.65. The third-order valence-corrected chi connectivity index (χ3v) is 3.67. The van der Waals surface area contributed by atoms with Gasteiger partial charge in [0.05, 0.1) is 12.6 Å². The molecule has 1 aromatic heterocycles. The molecule has 0 fully saturated rings. The molecule has 22 heavy (non-hydrogen) atoms. The van der Waals surface area contributed by atoms with Gasteiger partial charge in [0.25, 0.3) is 0 Å². The summed E-state index contributed by atoms with van der Waals surface area (Å²) in [7, 11) is 0. The van der Waals surface area contributed by atoms with Crippen LogP contribution < -0.4 is 4.74 Å². The fraction of sp³-hybridized carbons (Fsp3) is 0.125. The van der Waals surface area contributed by atoms with Gasteiger partial charge < -0.3 is 9.84 Å². The van der Waals surface area contributed by atoms with Gasteiger partial charge in [0.15, 0.2) is 0 Å². The van der Waals surface area contributed by atoms with E-state index in [0.717, 1.165) is 21.5 Å². The molecule has 0 spiro atoms. The third-order valence-electron chi connectivity index (χ3n) is 3.14. The van der Waals surface area contributed by atoms with Crippen molar-refractivity contribution in [1.29, 1.82) is 0 Å². The zero-order valence-electron chi connectivity index (χ0n) is 11.6. The largest absolute Gasteiger partial charge is 0.457 e. The van der Waals surface area contributed by atoms with Crippen LogP contribution in [0.5, 0.6) is 11.5 Å². The highest BCUT2D eigenvalue weighted by atomic mass is 79.9. The fourth-order valence-electron chi connectivity index (χ4n) is 2.01. The van der Waals surface area contributed by atoms with Crippen molar-refractivity contribution in [2.45, 2.75) is 12.6 Å². The first-order chi connectivity index (χ1) is 10.7. The highest BCUT2D eigenvalue weighted by Crippen LogP contribution is 2.25. The van der Waals surface area contributed by atoms with Crippen LogP contribution >= 0.6 is 15.9 Å². The van der Waals surface area contributed by atoms with Crippen LogP contribution in [0.1, 0.15) is 11.7 Å². The smallest absolute Gasteiger partial charge is 0.137 e. The first-order valence-electron chi connectivity index (χ1n) is 6.74. The van der Waals surface area contributed by atoms with Crippen molar-refractivity contribution < 1.29 is 9.84 Å². The van der Waals surface area contributed by atoms with Crippen molar-refractivity contribution in [3.8, 4) is 11.5 Å². The number of aromatic nitrogens is 3. The summed E-state index contributed by atoms with van der Waals surface area (Å²) in [5.41, 5.74) is 0.804. The third kappa shape index (κ3) is 3.72. The van der Waals surface area contributed by atoms with E-state index in [1.165, 1.54) is 6.33 Å². The molecule has 1 N–H and O–H groups in total. The van der Waals surface area contributed by atoms with E-state index in [0.29, 0.717) is 6.54 Å². The van der Waals surface area contributed by atoms with Crippen molar-refractivity contribution in [3.63, 3.8) is 0 Å². The number of rotatable bonds is 5. The summed E-state index contributed by atoms with van der Waals surface area (Å²) in [6.45, 7) is 0.368. The van der Waals surface area contributed by atoms with Crippen molar-refractivity contribution >= 4 is 15.9 Å². The Kier molecular flexibility index (Phi) is 4.50. The predicted molar refractivity (Wildman–Crippen MR) is 85.6 cm³/mol. The highest BCUT2D eigenvalue weighted by molar-refractivity contribution is 9.10. The molecule has 1 heterocycles. The van der Waals surface area contributed by atoms with Crippen LogP contribution in [0.4, 0.5) is 0 Å². The van der Waals surface area contributed by atoms with Crippen LogP contribution in [0.2, 0.25) is 0 Å². The zero-order chi connectivity index (χ0) is 15.4. The molecule has 0 saturated heterocycles. The number of benzene rings is 2. The summed E-state index contributed by atoms with van der Waals surface area (Å²) in [6.07, 6.45) is 2.39. The molecule has 3 rings (SSSR count). The van der Waals surface area contributed by atoms with Crippen molar-refractivity contribution in [2.75, 3.05) is 0 Å². The molecule has 1 atom stereocenters. The van der Waals surface area contributed by atoms with Gasteiger partial charge >= 0.3 is 0 Å². The minimum absolute atomic E-state index is 0.368.